The van der Waals surface area contributed by atoms with Crippen molar-refractivity contribution in [3.05, 3.63) is 35.9 Å². The SMILES string of the molecule is CC1CN(C(=O)C(F)(F)c2ccccc2)CCN1. The summed E-state index contributed by atoms with van der Waals surface area (Å²) in [6.45, 7) is 3.07. The van der Waals surface area contributed by atoms with Gasteiger partial charge in [-0.1, -0.05) is 30.3 Å². The standard InChI is InChI=1S/C13H16F2N2O/c1-10-9-17(8-7-16-10)12(18)13(14,15)11-5-3-2-4-6-11/h2-6,10,16H,7-9H2,1H3. The van der Waals surface area contributed by atoms with Crippen molar-refractivity contribution in [1.82, 2.24) is 10.2 Å². The Morgan fingerprint density at radius 3 is 2.67 bits per heavy atom. The maximum absolute atomic E-state index is 14.0. The van der Waals surface area contributed by atoms with Crippen molar-refractivity contribution in [2.24, 2.45) is 0 Å². The minimum atomic E-state index is -3.45. The lowest BCUT2D eigenvalue weighted by atomic mass is 10.1. The van der Waals surface area contributed by atoms with Crippen LogP contribution in [0, 0.1) is 0 Å². The van der Waals surface area contributed by atoms with E-state index >= 15 is 0 Å². The number of benzene rings is 1. The monoisotopic (exact) mass is 254 g/mol. The Hall–Kier alpha value is -1.49. The molecule has 1 atom stereocenters. The number of hydrogen-bond acceptors (Lipinski definition) is 2. The predicted octanol–water partition coefficient (Wildman–Crippen LogP) is 1.60. The first-order chi connectivity index (χ1) is 8.51. The average Bonchev–Trinajstić information content (AvgIpc) is 2.39. The second-order valence-corrected chi connectivity index (χ2v) is 4.55. The van der Waals surface area contributed by atoms with Crippen LogP contribution in [0.25, 0.3) is 0 Å². The first kappa shape index (κ1) is 13.0. The Kier molecular flexibility index (Phi) is 3.61. The van der Waals surface area contributed by atoms with Crippen molar-refractivity contribution in [2.45, 2.75) is 18.9 Å². The Balaban J connectivity index is 2.17. The van der Waals surface area contributed by atoms with Gasteiger partial charge in [0, 0.05) is 31.2 Å². The fourth-order valence-electron chi connectivity index (χ4n) is 2.09. The first-order valence-corrected chi connectivity index (χ1v) is 5.98. The highest BCUT2D eigenvalue weighted by Crippen LogP contribution is 2.30. The molecule has 0 bridgehead atoms. The molecule has 0 spiro atoms. The zero-order chi connectivity index (χ0) is 13.2. The molecular weight excluding hydrogens is 238 g/mol. The van der Waals surface area contributed by atoms with Crippen LogP contribution < -0.4 is 5.32 Å². The van der Waals surface area contributed by atoms with Gasteiger partial charge < -0.3 is 10.2 Å². The van der Waals surface area contributed by atoms with Gasteiger partial charge in [0.05, 0.1) is 0 Å². The fraction of sp³-hybridized carbons (Fsp3) is 0.462. The Bertz CT molecular complexity index is 422. The van der Waals surface area contributed by atoms with E-state index < -0.39 is 11.8 Å². The lowest BCUT2D eigenvalue weighted by Gasteiger charge is -2.34. The summed E-state index contributed by atoms with van der Waals surface area (Å²) in [6, 6.07) is 7.28. The number of nitrogens with zero attached hydrogens (tertiary/aromatic N) is 1. The number of alkyl halides is 2. The molecule has 1 amide bonds. The summed E-state index contributed by atoms with van der Waals surface area (Å²) in [5.41, 5.74) is -0.249. The molecule has 0 saturated carbocycles. The van der Waals surface area contributed by atoms with E-state index in [1.54, 1.807) is 6.07 Å². The highest BCUT2D eigenvalue weighted by atomic mass is 19.3. The zero-order valence-corrected chi connectivity index (χ0v) is 10.2. The summed E-state index contributed by atoms with van der Waals surface area (Å²) < 4.78 is 28.1. The van der Waals surface area contributed by atoms with Crippen LogP contribution in [0.2, 0.25) is 0 Å². The van der Waals surface area contributed by atoms with Gasteiger partial charge in [0.25, 0.3) is 5.91 Å². The number of piperazine rings is 1. The quantitative estimate of drug-likeness (QED) is 0.869. The number of hydrogen-bond donors (Lipinski definition) is 1. The largest absolute Gasteiger partial charge is 0.349 e. The molecule has 1 saturated heterocycles. The predicted molar refractivity (Wildman–Crippen MR) is 64.4 cm³/mol. The molecule has 1 N–H and O–H groups in total. The highest BCUT2D eigenvalue weighted by Gasteiger charge is 2.44. The Labute approximate surface area is 105 Å². The van der Waals surface area contributed by atoms with E-state index in [9.17, 15) is 13.6 Å². The summed E-state index contributed by atoms with van der Waals surface area (Å²) in [6.07, 6.45) is 0. The van der Waals surface area contributed by atoms with E-state index in [4.69, 9.17) is 0 Å². The van der Waals surface area contributed by atoms with Crippen molar-refractivity contribution in [2.75, 3.05) is 19.6 Å². The van der Waals surface area contributed by atoms with E-state index in [2.05, 4.69) is 5.32 Å². The molecule has 98 valence electrons. The van der Waals surface area contributed by atoms with Crippen LogP contribution in [0.5, 0.6) is 0 Å². The summed E-state index contributed by atoms with van der Waals surface area (Å²) in [5.74, 6) is -4.56. The first-order valence-electron chi connectivity index (χ1n) is 5.98. The normalized spacial score (nSPS) is 20.8. The minimum Gasteiger partial charge on any atom is -0.334 e. The number of carbonyl (C=O) groups is 1. The fourth-order valence-corrected chi connectivity index (χ4v) is 2.09. The smallest absolute Gasteiger partial charge is 0.334 e. The lowest BCUT2D eigenvalue weighted by molar-refractivity contribution is -0.160. The average molecular weight is 254 g/mol. The van der Waals surface area contributed by atoms with E-state index in [0.29, 0.717) is 19.6 Å². The van der Waals surface area contributed by atoms with Crippen LogP contribution >= 0.6 is 0 Å². The summed E-state index contributed by atoms with van der Waals surface area (Å²) in [5, 5.41) is 3.12. The zero-order valence-electron chi connectivity index (χ0n) is 10.2. The molecule has 0 aromatic heterocycles. The number of rotatable bonds is 2. The molecule has 1 aromatic rings. The van der Waals surface area contributed by atoms with Crippen LogP contribution in [-0.2, 0) is 10.7 Å². The summed E-state index contributed by atoms with van der Waals surface area (Å²) in [4.78, 5) is 13.1. The number of amides is 1. The van der Waals surface area contributed by atoms with Crippen molar-refractivity contribution in [3.8, 4) is 0 Å². The molecule has 0 radical (unpaired) electrons. The van der Waals surface area contributed by atoms with E-state index in [1.807, 2.05) is 6.92 Å². The van der Waals surface area contributed by atoms with Crippen molar-refractivity contribution >= 4 is 5.91 Å². The molecule has 2 rings (SSSR count). The van der Waals surface area contributed by atoms with Gasteiger partial charge in [-0.2, -0.15) is 8.78 Å². The van der Waals surface area contributed by atoms with Crippen LogP contribution in [-0.4, -0.2) is 36.5 Å². The molecule has 0 aliphatic carbocycles. The lowest BCUT2D eigenvalue weighted by Crippen LogP contribution is -2.54. The van der Waals surface area contributed by atoms with Gasteiger partial charge in [0.1, 0.15) is 0 Å². The Morgan fingerprint density at radius 2 is 2.06 bits per heavy atom. The third-order valence-electron chi connectivity index (χ3n) is 3.06. The van der Waals surface area contributed by atoms with E-state index in [-0.39, 0.29) is 11.6 Å². The van der Waals surface area contributed by atoms with E-state index in [0.717, 1.165) is 0 Å². The van der Waals surface area contributed by atoms with Crippen molar-refractivity contribution in [1.29, 1.82) is 0 Å². The topological polar surface area (TPSA) is 32.3 Å². The molecule has 1 fully saturated rings. The number of nitrogens with one attached hydrogen (secondary N) is 1. The molecule has 1 aromatic carbocycles. The highest BCUT2D eigenvalue weighted by molar-refractivity contribution is 5.85. The second-order valence-electron chi connectivity index (χ2n) is 4.55. The van der Waals surface area contributed by atoms with Gasteiger partial charge in [-0.3, -0.25) is 4.79 Å². The molecule has 5 heteroatoms. The van der Waals surface area contributed by atoms with Crippen molar-refractivity contribution in [3.63, 3.8) is 0 Å². The molecule has 3 nitrogen and oxygen atoms in total. The molecule has 1 unspecified atom stereocenters. The summed E-state index contributed by atoms with van der Waals surface area (Å²) in [7, 11) is 0. The van der Waals surface area contributed by atoms with Gasteiger partial charge in [-0.15, -0.1) is 0 Å². The van der Waals surface area contributed by atoms with Gasteiger partial charge in [-0.25, -0.2) is 0 Å². The molecule has 1 aliphatic heterocycles. The molecular formula is C13H16F2N2O. The molecule has 1 aliphatic rings. The van der Waals surface area contributed by atoms with Crippen LogP contribution in [0.4, 0.5) is 8.78 Å². The maximum Gasteiger partial charge on any atom is 0.349 e. The van der Waals surface area contributed by atoms with Crippen LogP contribution in [0.3, 0.4) is 0 Å². The Morgan fingerprint density at radius 1 is 1.39 bits per heavy atom. The summed E-state index contributed by atoms with van der Waals surface area (Å²) >= 11 is 0. The van der Waals surface area contributed by atoms with Gasteiger partial charge >= 0.3 is 5.92 Å². The van der Waals surface area contributed by atoms with Gasteiger partial charge in [0.15, 0.2) is 0 Å². The van der Waals surface area contributed by atoms with Gasteiger partial charge in [-0.05, 0) is 6.92 Å². The second kappa shape index (κ2) is 5.02. The number of carbonyl (C=O) groups excluding carboxylic acids is 1. The third kappa shape index (κ3) is 2.51. The third-order valence-corrected chi connectivity index (χ3v) is 3.06. The van der Waals surface area contributed by atoms with Gasteiger partial charge in [0.2, 0.25) is 0 Å². The van der Waals surface area contributed by atoms with Crippen LogP contribution in [0.1, 0.15) is 12.5 Å². The van der Waals surface area contributed by atoms with Crippen molar-refractivity contribution < 1.29 is 13.6 Å². The molecule has 18 heavy (non-hydrogen) atoms. The van der Waals surface area contributed by atoms with Crippen LogP contribution in [0.15, 0.2) is 30.3 Å². The minimum absolute atomic E-state index is 0.0503. The number of halogens is 2. The van der Waals surface area contributed by atoms with E-state index in [1.165, 1.54) is 29.2 Å². The molecule has 1 heterocycles. The maximum atomic E-state index is 14.0.